The van der Waals surface area contributed by atoms with Crippen LogP contribution in [-0.4, -0.2) is 0 Å². The van der Waals surface area contributed by atoms with E-state index in [4.69, 9.17) is 0 Å². The van der Waals surface area contributed by atoms with E-state index in [0.29, 0.717) is 0 Å². The minimum Gasteiger partial charge on any atom is -0.0461 e. The van der Waals surface area contributed by atoms with E-state index in [1.807, 2.05) is 25.7 Å². The van der Waals surface area contributed by atoms with Crippen LogP contribution >= 0.6 is 0 Å². The van der Waals surface area contributed by atoms with E-state index in [9.17, 15) is 0 Å². The molecule has 0 radical (unpaired) electrons. The van der Waals surface area contributed by atoms with Gasteiger partial charge in [0.1, 0.15) is 0 Å². The molecular formula is C89H66. The molecule has 57 aliphatic carbocycles. The lowest BCUT2D eigenvalue weighted by molar-refractivity contribution is -1.00. The van der Waals surface area contributed by atoms with Crippen molar-refractivity contribution in [3.63, 3.8) is 0 Å². The van der Waals surface area contributed by atoms with Crippen molar-refractivity contribution in [3.8, 4) is 0 Å². The average molecular weight is 1140 g/mol. The normalized spacial score (nSPS) is 130. The van der Waals surface area contributed by atoms with E-state index in [-0.39, 0.29) is 0 Å². The zero-order valence-corrected chi connectivity index (χ0v) is 49.8. The molecule has 0 aliphatic heterocycles. The van der Waals surface area contributed by atoms with Crippen molar-refractivity contribution in [2.75, 3.05) is 0 Å². The molecule has 57 saturated carbocycles. The Morgan fingerprint density at radius 3 is 1.55 bits per heavy atom. The average Bonchev–Trinajstić information content (AvgIpc) is 1.46. The summed E-state index contributed by atoms with van der Waals surface area (Å²) in [6, 6.07) is 0. The van der Waals surface area contributed by atoms with Gasteiger partial charge < -0.3 is 0 Å². The quantitative estimate of drug-likeness (QED) is 0.228. The molecule has 57 fully saturated rings. The Labute approximate surface area is 512 Å². The summed E-state index contributed by atoms with van der Waals surface area (Å²) in [5, 5.41) is 0. The van der Waals surface area contributed by atoms with Crippen molar-refractivity contribution in [2.45, 2.75) is 25.7 Å². The number of hydrogen-bond acceptors (Lipinski definition) is 0. The third-order valence-corrected chi connectivity index (χ3v) is 71.4. The van der Waals surface area contributed by atoms with Gasteiger partial charge in [-0.15, -0.1) is 0 Å². The first-order valence-electron chi connectivity index (χ1n) is 44.3. The molecule has 57 rings (SSSR count). The molecule has 27 spiro atoms. The van der Waals surface area contributed by atoms with Gasteiger partial charge in [-0.05, 0) is 515 Å². The SMILES string of the molecule is C1C2C3C4C5C6C7C8C9C%10C%11C%12C%13%14C(C8C9%11%13)C89C%11C%13C%15%16C%17C%18C%12(C%12%19C%10CC%12C%10CC%12C%20C%21C%22C%23C%24CC%25C%26C1C1%27C%28C2C3C%28C12C1C%27C3C1C1%27C%263C%25C%241C1C%233C%23C%22%24C%22C%21C%15(C%20%17C%10%12%19)C%22%13C%24%10C%12C%13C%15C%12C%23%10C3%10C3C%12C(C3C1%27%10)C21C2C4C5C2C%121C%151C2C6C7C2C%1318)C%149C%11%18%16. The molecule has 0 aromatic rings. The van der Waals surface area contributed by atoms with Crippen molar-refractivity contribution in [1.29, 1.82) is 0 Å². The highest BCUT2D eigenvalue weighted by Crippen LogP contribution is 3.53. The van der Waals surface area contributed by atoms with Gasteiger partial charge in [-0.2, -0.15) is 0 Å². The molecular weight excluding hydrogens is 1070 g/mol. The molecule has 0 saturated heterocycles. The highest BCUT2D eigenvalue weighted by atomic mass is 15.5. The Balaban J connectivity index is 0.698. The minimum absolute atomic E-state index is 1.000. The van der Waals surface area contributed by atoms with Crippen molar-refractivity contribution in [2.24, 2.45) is 489 Å². The fourth-order valence-electron chi connectivity index (χ4n) is 86.9. The van der Waals surface area contributed by atoms with E-state index in [0.717, 1.165) is 146 Å². The fraction of sp³-hybridized carbons (Fsp3) is 1.00. The van der Waals surface area contributed by atoms with Gasteiger partial charge in [0.15, 0.2) is 0 Å². The predicted molar refractivity (Wildman–Crippen MR) is 287 cm³/mol. The van der Waals surface area contributed by atoms with E-state index in [1.54, 1.807) is 0 Å². The number of hydrogen-bond donors (Lipinski definition) is 0. The van der Waals surface area contributed by atoms with Crippen LogP contribution in [0.15, 0.2) is 0 Å². The molecule has 85 unspecified atom stereocenters. The predicted octanol–water partition coefficient (Wildman–Crippen LogP) is 8.69. The smallest absolute Gasteiger partial charge is 0.00250 e. The van der Waals surface area contributed by atoms with Gasteiger partial charge in [-0.3, -0.25) is 0 Å². The summed E-state index contributed by atoms with van der Waals surface area (Å²) in [7, 11) is 0. The lowest BCUT2D eigenvalue weighted by Crippen LogP contribution is -3.43. The Bertz CT molecular complexity index is 5720. The molecule has 422 valence electrons. The molecule has 0 N–H and O–H groups in total. The summed E-state index contributed by atoms with van der Waals surface area (Å²) in [5.74, 6) is 81.3. The molecule has 0 amide bonds. The molecule has 0 aromatic carbocycles. The monoisotopic (exact) mass is 1130 g/mol. The maximum Gasteiger partial charge on any atom is -0.00250 e. The van der Waals surface area contributed by atoms with Gasteiger partial charge in [-0.1, -0.05) is 0 Å². The highest BCUT2D eigenvalue weighted by molar-refractivity contribution is 5.96. The van der Waals surface area contributed by atoms with Gasteiger partial charge in [-0.25, -0.2) is 0 Å². The van der Waals surface area contributed by atoms with Gasteiger partial charge in [0.25, 0.3) is 0 Å². The fourth-order valence-corrected chi connectivity index (χ4v) is 86.9. The maximum atomic E-state index is 2.01. The summed E-state index contributed by atoms with van der Waals surface area (Å²) in [6.45, 7) is 0. The van der Waals surface area contributed by atoms with Gasteiger partial charge >= 0.3 is 0 Å². The van der Waals surface area contributed by atoms with Gasteiger partial charge in [0.2, 0.25) is 0 Å². The molecule has 0 nitrogen and oxygen atoms in total. The second-order valence-electron chi connectivity index (χ2n) is 55.8. The highest BCUT2D eigenvalue weighted by Gasteiger charge is 3.51. The van der Waals surface area contributed by atoms with Crippen molar-refractivity contribution in [3.05, 3.63) is 0 Å². The first-order valence-corrected chi connectivity index (χ1v) is 44.3. The Hall–Kier alpha value is 0. The van der Waals surface area contributed by atoms with Crippen LogP contribution in [0.1, 0.15) is 25.7 Å². The van der Waals surface area contributed by atoms with Crippen LogP contribution < -0.4 is 0 Å². The lowest BCUT2D eigenvalue weighted by atomic mass is 8.58. The number of rotatable bonds is 0. The zero-order valence-electron chi connectivity index (χ0n) is 49.8. The second-order valence-corrected chi connectivity index (χ2v) is 55.8. The summed E-state index contributed by atoms with van der Waals surface area (Å²) in [5.41, 5.74) is 27.9. The molecule has 0 heteroatoms. The van der Waals surface area contributed by atoms with Crippen LogP contribution in [0.2, 0.25) is 0 Å². The summed E-state index contributed by atoms with van der Waals surface area (Å²) in [4.78, 5) is 0. The van der Waals surface area contributed by atoms with Gasteiger partial charge in [0.05, 0.1) is 0 Å². The minimum atomic E-state index is 1.000. The van der Waals surface area contributed by atoms with Crippen molar-refractivity contribution < 1.29 is 0 Å². The molecule has 89 heavy (non-hydrogen) atoms. The summed E-state index contributed by atoms with van der Waals surface area (Å²) in [6.07, 6.45) is 7.87. The third-order valence-electron chi connectivity index (χ3n) is 71.4. The lowest BCUT2D eigenvalue weighted by Gasteiger charge is -3.45. The van der Waals surface area contributed by atoms with E-state index in [2.05, 4.69) is 0 Å². The standard InChI is InChI=1S/C89H66/c1-5-13-16-17-18-19-24-23(18)36-37(24)75-47-45-49-51(47)86-67-32(26-28-12-4-8-7-3-9-15-30-25(19)39-56-79-55(38(15)65(30,39)79)81-59-57-76(28,70(8,12)69(7,9)81)88-40(26)54(67)84(86,88)58-60-82(56,75)89(79,81)83(59,60)80(57,58)88)29-11-2-6-27-10(1)63-31-14(5)20(13)33(31)71(63)43-41(63)42-50(43)85-64(11,53(6)66(27,42)85)61-68(29)62(67)78(49,86)87(68)52-46-44(48(52)77(61,85)87)72(71)34-21(16)22(17)35(34)74(46,72)73(36,45)75/h5-62H,1-4H2. The van der Waals surface area contributed by atoms with Crippen LogP contribution in [0.25, 0.3) is 0 Å². The van der Waals surface area contributed by atoms with Crippen molar-refractivity contribution in [1.82, 2.24) is 0 Å². The topological polar surface area (TPSA) is 0 Å². The molecule has 57 aliphatic rings. The summed E-state index contributed by atoms with van der Waals surface area (Å²) < 4.78 is 0. The summed E-state index contributed by atoms with van der Waals surface area (Å²) >= 11 is 0. The molecule has 0 bridgehead atoms. The van der Waals surface area contributed by atoms with Gasteiger partial charge in [0, 0.05) is 0 Å². The van der Waals surface area contributed by atoms with Crippen LogP contribution in [0.5, 0.6) is 0 Å². The largest absolute Gasteiger partial charge is 0.0461 e. The zero-order chi connectivity index (χ0) is 49.8. The van der Waals surface area contributed by atoms with Crippen molar-refractivity contribution >= 4 is 0 Å². The van der Waals surface area contributed by atoms with E-state index >= 15 is 0 Å². The van der Waals surface area contributed by atoms with Crippen LogP contribution in [0, 0.1) is 489 Å². The Kier molecular flexibility index (Phi) is 2.12. The molecule has 0 heterocycles. The first kappa shape index (κ1) is 32.8. The van der Waals surface area contributed by atoms with Crippen LogP contribution in [-0.2, 0) is 0 Å². The van der Waals surface area contributed by atoms with Crippen LogP contribution in [0.3, 0.4) is 0 Å². The van der Waals surface area contributed by atoms with E-state index in [1.165, 1.54) is 343 Å². The second kappa shape index (κ2) is 5.76. The number of fused-ring (bicyclic) bond motifs is 17. The molecule has 85 atom stereocenters. The first-order chi connectivity index (χ1) is 44.3. The maximum absolute atomic E-state index is 2.01. The van der Waals surface area contributed by atoms with E-state index < -0.39 is 0 Å². The van der Waals surface area contributed by atoms with Crippen LogP contribution in [0.4, 0.5) is 0 Å². The Morgan fingerprint density at radius 1 is 0.157 bits per heavy atom. The Morgan fingerprint density at radius 2 is 0.719 bits per heavy atom. The third kappa shape index (κ3) is 0.999. The molecule has 0 aromatic heterocycles.